The van der Waals surface area contributed by atoms with Crippen LogP contribution in [0.3, 0.4) is 0 Å². The minimum atomic E-state index is -0.0111. The van der Waals surface area contributed by atoms with Gasteiger partial charge in [0.1, 0.15) is 0 Å². The van der Waals surface area contributed by atoms with Crippen molar-refractivity contribution in [2.45, 2.75) is 20.3 Å². The third-order valence-corrected chi connectivity index (χ3v) is 4.31. The topological polar surface area (TPSA) is 42.0 Å². The van der Waals surface area contributed by atoms with E-state index in [1.54, 1.807) is 19.2 Å². The SMILES string of the molecule is CCCOc1c(Cl)cc(C(=O)N2CCN(CC)CC2)cc1OC. The number of piperazine rings is 1. The fourth-order valence-electron chi connectivity index (χ4n) is 2.64. The number of halogens is 1. The molecule has 0 saturated carbocycles. The van der Waals surface area contributed by atoms with Crippen molar-refractivity contribution in [3.8, 4) is 11.5 Å². The number of benzene rings is 1. The molecule has 6 heteroatoms. The van der Waals surface area contributed by atoms with Crippen molar-refractivity contribution in [1.29, 1.82) is 0 Å². The molecule has 1 fully saturated rings. The van der Waals surface area contributed by atoms with Crippen LogP contribution in [0.4, 0.5) is 0 Å². The number of ether oxygens (including phenoxy) is 2. The van der Waals surface area contributed by atoms with E-state index in [9.17, 15) is 4.79 Å². The number of methoxy groups -OCH3 is 1. The van der Waals surface area contributed by atoms with E-state index in [0.717, 1.165) is 39.1 Å². The van der Waals surface area contributed by atoms with Crippen molar-refractivity contribution in [2.24, 2.45) is 0 Å². The highest BCUT2D eigenvalue weighted by Gasteiger charge is 2.23. The minimum Gasteiger partial charge on any atom is -0.493 e. The molecule has 1 heterocycles. The Labute approximate surface area is 143 Å². The first kappa shape index (κ1) is 17.9. The quantitative estimate of drug-likeness (QED) is 0.798. The van der Waals surface area contributed by atoms with Crippen LogP contribution < -0.4 is 9.47 Å². The molecule has 0 atom stereocenters. The lowest BCUT2D eigenvalue weighted by atomic mass is 10.1. The predicted molar refractivity (Wildman–Crippen MR) is 91.8 cm³/mol. The summed E-state index contributed by atoms with van der Waals surface area (Å²) in [6, 6.07) is 3.38. The molecule has 0 N–H and O–H groups in total. The van der Waals surface area contributed by atoms with Crippen molar-refractivity contribution >= 4 is 17.5 Å². The first-order chi connectivity index (χ1) is 11.1. The maximum absolute atomic E-state index is 12.7. The van der Waals surface area contributed by atoms with Crippen LogP contribution in [0.15, 0.2) is 12.1 Å². The van der Waals surface area contributed by atoms with Crippen molar-refractivity contribution in [2.75, 3.05) is 46.4 Å². The van der Waals surface area contributed by atoms with Gasteiger partial charge in [-0.15, -0.1) is 0 Å². The number of hydrogen-bond donors (Lipinski definition) is 0. The fraction of sp³-hybridized carbons (Fsp3) is 0.588. The van der Waals surface area contributed by atoms with Gasteiger partial charge in [0.25, 0.3) is 5.91 Å². The molecule has 1 aliphatic rings. The van der Waals surface area contributed by atoms with Crippen LogP contribution in [-0.2, 0) is 0 Å². The molecule has 1 aromatic rings. The minimum absolute atomic E-state index is 0.0111. The van der Waals surface area contributed by atoms with E-state index in [1.807, 2.05) is 11.8 Å². The third-order valence-electron chi connectivity index (χ3n) is 4.03. The molecule has 0 aromatic heterocycles. The average Bonchev–Trinajstić information content (AvgIpc) is 2.59. The third kappa shape index (κ3) is 4.30. The molecule has 0 spiro atoms. The van der Waals surface area contributed by atoms with Gasteiger partial charge < -0.3 is 19.3 Å². The number of hydrogen-bond acceptors (Lipinski definition) is 4. The largest absolute Gasteiger partial charge is 0.493 e. The highest BCUT2D eigenvalue weighted by atomic mass is 35.5. The normalized spacial score (nSPS) is 15.6. The summed E-state index contributed by atoms with van der Waals surface area (Å²) < 4.78 is 11.0. The Balaban J connectivity index is 2.16. The Morgan fingerprint density at radius 3 is 2.48 bits per heavy atom. The monoisotopic (exact) mass is 340 g/mol. The van der Waals surface area contributed by atoms with Gasteiger partial charge in [-0.05, 0) is 25.1 Å². The molecule has 0 bridgehead atoms. The Morgan fingerprint density at radius 2 is 1.91 bits per heavy atom. The lowest BCUT2D eigenvalue weighted by Crippen LogP contribution is -2.48. The van der Waals surface area contributed by atoms with Crippen LogP contribution in [-0.4, -0.2) is 62.1 Å². The molecule has 0 unspecified atom stereocenters. The van der Waals surface area contributed by atoms with E-state index in [2.05, 4.69) is 11.8 Å². The molecule has 1 aromatic carbocycles. The molecule has 23 heavy (non-hydrogen) atoms. The molecule has 2 rings (SSSR count). The van der Waals surface area contributed by atoms with E-state index in [4.69, 9.17) is 21.1 Å². The molecule has 128 valence electrons. The van der Waals surface area contributed by atoms with E-state index in [1.165, 1.54) is 0 Å². The van der Waals surface area contributed by atoms with Gasteiger partial charge >= 0.3 is 0 Å². The summed E-state index contributed by atoms with van der Waals surface area (Å²) in [5.41, 5.74) is 0.542. The Bertz CT molecular complexity index is 543. The number of carbonyl (C=O) groups is 1. The van der Waals surface area contributed by atoms with Crippen LogP contribution >= 0.6 is 11.6 Å². The van der Waals surface area contributed by atoms with Crippen molar-refractivity contribution < 1.29 is 14.3 Å². The second-order valence-electron chi connectivity index (χ2n) is 5.56. The predicted octanol–water partition coefficient (Wildman–Crippen LogP) is 2.92. The fourth-order valence-corrected chi connectivity index (χ4v) is 2.90. The Kier molecular flexibility index (Phi) is 6.54. The van der Waals surface area contributed by atoms with Gasteiger partial charge in [0.05, 0.1) is 18.7 Å². The van der Waals surface area contributed by atoms with E-state index >= 15 is 0 Å². The molecule has 0 radical (unpaired) electrons. The zero-order chi connectivity index (χ0) is 16.8. The lowest BCUT2D eigenvalue weighted by Gasteiger charge is -2.34. The number of nitrogens with zero attached hydrogens (tertiary/aromatic N) is 2. The first-order valence-electron chi connectivity index (χ1n) is 8.12. The van der Waals surface area contributed by atoms with E-state index in [0.29, 0.717) is 28.7 Å². The van der Waals surface area contributed by atoms with Gasteiger partial charge in [0, 0.05) is 31.7 Å². The average molecular weight is 341 g/mol. The standard InChI is InChI=1S/C17H25ClN2O3/c1-4-10-23-16-14(18)11-13(12-15(16)22-3)17(21)20-8-6-19(5-2)7-9-20/h11-12H,4-10H2,1-3H3. The van der Waals surface area contributed by atoms with Gasteiger partial charge in [-0.1, -0.05) is 25.4 Å². The zero-order valence-corrected chi connectivity index (χ0v) is 14.9. The van der Waals surface area contributed by atoms with E-state index in [-0.39, 0.29) is 5.91 Å². The molecule has 1 aliphatic heterocycles. The maximum atomic E-state index is 12.7. The molecule has 1 amide bonds. The summed E-state index contributed by atoms with van der Waals surface area (Å²) in [4.78, 5) is 16.9. The van der Waals surface area contributed by atoms with Gasteiger partial charge in [-0.25, -0.2) is 0 Å². The van der Waals surface area contributed by atoms with Crippen molar-refractivity contribution in [3.63, 3.8) is 0 Å². The number of rotatable bonds is 6. The number of likely N-dealkylation sites (N-methyl/N-ethyl adjacent to an activating group) is 1. The summed E-state index contributed by atoms with van der Waals surface area (Å²) in [5.74, 6) is 0.993. The van der Waals surface area contributed by atoms with Crippen LogP contribution in [0.1, 0.15) is 30.6 Å². The smallest absolute Gasteiger partial charge is 0.254 e. The molecular weight excluding hydrogens is 316 g/mol. The summed E-state index contributed by atoms with van der Waals surface area (Å²) in [6.45, 7) is 9.02. The molecule has 0 aliphatic carbocycles. The number of carbonyl (C=O) groups excluding carboxylic acids is 1. The second-order valence-corrected chi connectivity index (χ2v) is 5.97. The van der Waals surface area contributed by atoms with Crippen LogP contribution in [0.25, 0.3) is 0 Å². The number of amides is 1. The lowest BCUT2D eigenvalue weighted by molar-refractivity contribution is 0.0643. The van der Waals surface area contributed by atoms with E-state index < -0.39 is 0 Å². The van der Waals surface area contributed by atoms with Crippen LogP contribution in [0.5, 0.6) is 11.5 Å². The summed E-state index contributed by atoms with van der Waals surface area (Å²) >= 11 is 6.29. The highest BCUT2D eigenvalue weighted by molar-refractivity contribution is 6.32. The van der Waals surface area contributed by atoms with Crippen molar-refractivity contribution in [3.05, 3.63) is 22.7 Å². The maximum Gasteiger partial charge on any atom is 0.254 e. The van der Waals surface area contributed by atoms with Gasteiger partial charge in [0.15, 0.2) is 11.5 Å². The Morgan fingerprint density at radius 1 is 1.22 bits per heavy atom. The first-order valence-corrected chi connectivity index (χ1v) is 8.50. The Hall–Kier alpha value is -1.46. The van der Waals surface area contributed by atoms with Crippen LogP contribution in [0, 0.1) is 0 Å². The molecular formula is C17H25ClN2O3. The highest BCUT2D eigenvalue weighted by Crippen LogP contribution is 2.36. The molecule has 1 saturated heterocycles. The van der Waals surface area contributed by atoms with Gasteiger partial charge in [-0.3, -0.25) is 4.79 Å². The van der Waals surface area contributed by atoms with Gasteiger partial charge in [0.2, 0.25) is 0 Å². The molecule has 5 nitrogen and oxygen atoms in total. The zero-order valence-electron chi connectivity index (χ0n) is 14.1. The summed E-state index contributed by atoms with van der Waals surface area (Å²) in [6.07, 6.45) is 0.877. The van der Waals surface area contributed by atoms with Crippen LogP contribution in [0.2, 0.25) is 5.02 Å². The summed E-state index contributed by atoms with van der Waals surface area (Å²) in [7, 11) is 1.55. The van der Waals surface area contributed by atoms with Crippen molar-refractivity contribution in [1.82, 2.24) is 9.80 Å². The second kappa shape index (κ2) is 8.41. The summed E-state index contributed by atoms with van der Waals surface area (Å²) in [5, 5.41) is 0.411. The van der Waals surface area contributed by atoms with Gasteiger partial charge in [-0.2, -0.15) is 0 Å².